The molecule has 0 spiro atoms. The predicted octanol–water partition coefficient (Wildman–Crippen LogP) is 5.57. The van der Waals surface area contributed by atoms with Crippen LogP contribution in [0.1, 0.15) is 41.7 Å². The largest absolute Gasteiger partial charge is 0.457 e. The lowest BCUT2D eigenvalue weighted by Crippen LogP contribution is -2.08. The summed E-state index contributed by atoms with van der Waals surface area (Å²) in [5, 5.41) is 3.95. The first kappa shape index (κ1) is 18.8. The van der Waals surface area contributed by atoms with E-state index in [0.29, 0.717) is 0 Å². The summed E-state index contributed by atoms with van der Waals surface area (Å²) in [4.78, 5) is 0. The summed E-state index contributed by atoms with van der Waals surface area (Å²) in [6.07, 6.45) is 0.990. The quantitative estimate of drug-likeness (QED) is 0.710. The maximum atomic E-state index is 6.25. The maximum Gasteiger partial charge on any atom is 0.132 e. The van der Waals surface area contributed by atoms with Crippen LogP contribution in [0.5, 0.6) is 11.5 Å². The number of hydrogen-bond donors (Lipinski definition) is 1. The van der Waals surface area contributed by atoms with E-state index < -0.39 is 0 Å². The van der Waals surface area contributed by atoms with E-state index in [0.717, 1.165) is 51.7 Å². The number of halogens is 1. The zero-order valence-electron chi connectivity index (χ0n) is 15.1. The van der Waals surface area contributed by atoms with Gasteiger partial charge in [-0.1, -0.05) is 30.7 Å². The molecule has 4 heteroatoms. The molecule has 2 aromatic rings. The Labute approximate surface area is 149 Å². The SMILES string of the molecule is CCC(OC)c1ccc(CNC)c(Oc2ccc(Cl)c(C)c2C)c1. The number of rotatable bonds is 7. The van der Waals surface area contributed by atoms with Gasteiger partial charge in [0.1, 0.15) is 11.5 Å². The molecule has 0 aromatic heterocycles. The molecule has 1 atom stereocenters. The van der Waals surface area contributed by atoms with Gasteiger partial charge in [-0.2, -0.15) is 0 Å². The fourth-order valence-electron chi connectivity index (χ4n) is 2.73. The molecular formula is C20H26ClNO2. The van der Waals surface area contributed by atoms with Crippen molar-refractivity contribution >= 4 is 11.6 Å². The molecule has 24 heavy (non-hydrogen) atoms. The van der Waals surface area contributed by atoms with Gasteiger partial charge in [-0.05, 0) is 62.2 Å². The summed E-state index contributed by atoms with van der Waals surface area (Å²) in [7, 11) is 3.67. The lowest BCUT2D eigenvalue weighted by atomic mass is 10.0. The van der Waals surface area contributed by atoms with Crippen LogP contribution in [0.25, 0.3) is 0 Å². The highest BCUT2D eigenvalue weighted by molar-refractivity contribution is 6.31. The number of methoxy groups -OCH3 is 1. The normalized spacial score (nSPS) is 12.2. The van der Waals surface area contributed by atoms with Crippen LogP contribution in [0.2, 0.25) is 5.02 Å². The predicted molar refractivity (Wildman–Crippen MR) is 100 cm³/mol. The molecule has 130 valence electrons. The van der Waals surface area contributed by atoms with Crippen molar-refractivity contribution in [2.75, 3.05) is 14.2 Å². The first-order valence-electron chi connectivity index (χ1n) is 8.25. The van der Waals surface area contributed by atoms with Crippen molar-refractivity contribution in [3.8, 4) is 11.5 Å². The van der Waals surface area contributed by atoms with Gasteiger partial charge in [0.25, 0.3) is 0 Å². The number of nitrogens with one attached hydrogen (secondary N) is 1. The molecule has 0 saturated heterocycles. The Balaban J connectivity index is 2.43. The number of hydrogen-bond acceptors (Lipinski definition) is 3. The summed E-state index contributed by atoms with van der Waals surface area (Å²) in [5.41, 5.74) is 4.34. The summed E-state index contributed by atoms with van der Waals surface area (Å²) in [5.74, 6) is 1.68. The first-order chi connectivity index (χ1) is 11.5. The van der Waals surface area contributed by atoms with E-state index in [4.69, 9.17) is 21.1 Å². The Morgan fingerprint density at radius 3 is 2.46 bits per heavy atom. The second-order valence-corrected chi connectivity index (χ2v) is 6.33. The van der Waals surface area contributed by atoms with Gasteiger partial charge in [-0.25, -0.2) is 0 Å². The standard InChI is InChI=1S/C20H26ClNO2/c1-6-18(23-5)15-7-8-16(12-22-4)20(11-15)24-19-10-9-17(21)13(2)14(19)3/h7-11,18,22H,6,12H2,1-5H3. The van der Waals surface area contributed by atoms with E-state index in [2.05, 4.69) is 30.4 Å². The molecule has 2 rings (SSSR count). The molecule has 0 aliphatic rings. The van der Waals surface area contributed by atoms with Crippen LogP contribution >= 0.6 is 11.6 Å². The van der Waals surface area contributed by atoms with Crippen LogP contribution in [-0.2, 0) is 11.3 Å². The first-order valence-corrected chi connectivity index (χ1v) is 8.63. The molecule has 0 aliphatic carbocycles. The van der Waals surface area contributed by atoms with Crippen molar-refractivity contribution in [2.45, 2.75) is 39.8 Å². The number of ether oxygens (including phenoxy) is 2. The van der Waals surface area contributed by atoms with Crippen LogP contribution in [0.15, 0.2) is 30.3 Å². The molecule has 3 nitrogen and oxygen atoms in total. The van der Waals surface area contributed by atoms with Crippen LogP contribution in [-0.4, -0.2) is 14.2 Å². The fourth-order valence-corrected chi connectivity index (χ4v) is 2.94. The summed E-state index contributed by atoms with van der Waals surface area (Å²) in [6.45, 7) is 6.89. The van der Waals surface area contributed by atoms with E-state index in [9.17, 15) is 0 Å². The minimum Gasteiger partial charge on any atom is -0.457 e. The minimum absolute atomic E-state index is 0.0732. The Morgan fingerprint density at radius 2 is 1.83 bits per heavy atom. The monoisotopic (exact) mass is 347 g/mol. The van der Waals surface area contributed by atoms with Crippen LogP contribution in [0.4, 0.5) is 0 Å². The van der Waals surface area contributed by atoms with Crippen molar-refractivity contribution in [3.05, 3.63) is 57.6 Å². The van der Waals surface area contributed by atoms with E-state index in [1.807, 2.05) is 33.0 Å². The average Bonchev–Trinajstić information content (AvgIpc) is 2.58. The topological polar surface area (TPSA) is 30.5 Å². The van der Waals surface area contributed by atoms with Gasteiger partial charge in [0, 0.05) is 24.2 Å². The summed E-state index contributed by atoms with van der Waals surface area (Å²) < 4.78 is 11.8. The van der Waals surface area contributed by atoms with E-state index >= 15 is 0 Å². The van der Waals surface area contributed by atoms with Gasteiger partial charge in [0.05, 0.1) is 6.10 Å². The molecule has 2 aromatic carbocycles. The molecular weight excluding hydrogens is 322 g/mol. The Morgan fingerprint density at radius 1 is 1.08 bits per heavy atom. The smallest absolute Gasteiger partial charge is 0.132 e. The molecule has 0 aliphatic heterocycles. The zero-order valence-corrected chi connectivity index (χ0v) is 15.8. The highest BCUT2D eigenvalue weighted by Crippen LogP contribution is 2.34. The molecule has 0 heterocycles. The van der Waals surface area contributed by atoms with Crippen LogP contribution < -0.4 is 10.1 Å². The number of benzene rings is 2. The fraction of sp³-hybridized carbons (Fsp3) is 0.400. The highest BCUT2D eigenvalue weighted by atomic mass is 35.5. The van der Waals surface area contributed by atoms with Gasteiger partial charge in [-0.15, -0.1) is 0 Å². The van der Waals surface area contributed by atoms with Crippen LogP contribution in [0, 0.1) is 13.8 Å². The molecule has 0 amide bonds. The third-order valence-electron chi connectivity index (χ3n) is 4.38. The molecule has 0 fully saturated rings. The van der Waals surface area contributed by atoms with Crippen LogP contribution in [0.3, 0.4) is 0 Å². The van der Waals surface area contributed by atoms with E-state index in [1.54, 1.807) is 7.11 Å². The summed E-state index contributed by atoms with van der Waals surface area (Å²) in [6, 6.07) is 10.1. The van der Waals surface area contributed by atoms with Crippen molar-refractivity contribution < 1.29 is 9.47 Å². The molecule has 0 bridgehead atoms. The second kappa shape index (κ2) is 8.52. The van der Waals surface area contributed by atoms with Gasteiger partial charge in [0.15, 0.2) is 0 Å². The van der Waals surface area contributed by atoms with Gasteiger partial charge in [0.2, 0.25) is 0 Å². The van der Waals surface area contributed by atoms with Gasteiger partial charge < -0.3 is 14.8 Å². The lowest BCUT2D eigenvalue weighted by Gasteiger charge is -2.19. The second-order valence-electron chi connectivity index (χ2n) is 5.93. The van der Waals surface area contributed by atoms with Crippen molar-refractivity contribution in [3.63, 3.8) is 0 Å². The third kappa shape index (κ3) is 4.10. The molecule has 0 saturated carbocycles. The summed E-state index contributed by atoms with van der Waals surface area (Å²) >= 11 is 6.19. The van der Waals surface area contributed by atoms with Crippen molar-refractivity contribution in [1.82, 2.24) is 5.32 Å². The Hall–Kier alpha value is -1.55. The maximum absolute atomic E-state index is 6.25. The third-order valence-corrected chi connectivity index (χ3v) is 4.79. The Bertz CT molecular complexity index is 696. The van der Waals surface area contributed by atoms with Crippen molar-refractivity contribution in [1.29, 1.82) is 0 Å². The Kier molecular flexibility index (Phi) is 6.67. The molecule has 0 radical (unpaired) electrons. The molecule has 1 N–H and O–H groups in total. The zero-order chi connectivity index (χ0) is 17.7. The lowest BCUT2D eigenvalue weighted by molar-refractivity contribution is 0.0998. The van der Waals surface area contributed by atoms with Gasteiger partial charge >= 0.3 is 0 Å². The van der Waals surface area contributed by atoms with E-state index in [1.165, 1.54) is 0 Å². The molecule has 1 unspecified atom stereocenters. The van der Waals surface area contributed by atoms with Crippen molar-refractivity contribution in [2.24, 2.45) is 0 Å². The van der Waals surface area contributed by atoms with Gasteiger partial charge in [-0.3, -0.25) is 0 Å². The van der Waals surface area contributed by atoms with E-state index in [-0.39, 0.29) is 6.10 Å². The minimum atomic E-state index is 0.0732. The highest BCUT2D eigenvalue weighted by Gasteiger charge is 2.14. The average molecular weight is 348 g/mol.